The number of fused-ring (bicyclic) bond motifs is 1. The van der Waals surface area contributed by atoms with Crippen molar-refractivity contribution in [3.63, 3.8) is 0 Å². The molecule has 0 spiro atoms. The van der Waals surface area contributed by atoms with Crippen LogP contribution in [0, 0.1) is 12.7 Å². The monoisotopic (exact) mass is 299 g/mol. The predicted octanol–water partition coefficient (Wildman–Crippen LogP) is 2.85. The van der Waals surface area contributed by atoms with Crippen LogP contribution in [0.15, 0.2) is 42.5 Å². The van der Waals surface area contributed by atoms with Crippen molar-refractivity contribution in [2.45, 2.75) is 19.4 Å². The fraction of sp³-hybridized carbons (Fsp3) is 0.176. The number of amides is 1. The molecule has 0 aromatic heterocycles. The van der Waals surface area contributed by atoms with Crippen molar-refractivity contribution in [3.05, 3.63) is 65.0 Å². The molecule has 3 rings (SSSR count). The molecule has 5 heteroatoms. The Bertz CT molecular complexity index is 757. The Kier molecular flexibility index (Phi) is 3.63. The molecule has 1 amide bonds. The van der Waals surface area contributed by atoms with Crippen molar-refractivity contribution in [3.8, 4) is 0 Å². The van der Waals surface area contributed by atoms with Crippen molar-refractivity contribution >= 4 is 17.6 Å². The molecular weight excluding hydrogens is 285 g/mol. The highest BCUT2D eigenvalue weighted by atomic mass is 19.1. The second kappa shape index (κ2) is 5.60. The van der Waals surface area contributed by atoms with E-state index in [4.69, 9.17) is 4.74 Å². The molecule has 0 saturated heterocycles. The number of rotatable bonds is 2. The third-order valence-electron chi connectivity index (χ3n) is 3.57. The van der Waals surface area contributed by atoms with Gasteiger partial charge in [-0.3, -0.25) is 4.79 Å². The number of hydrogen-bond acceptors (Lipinski definition) is 3. The molecule has 2 aromatic rings. The molecule has 1 heterocycles. The number of aryl methyl sites for hydroxylation is 1. The molecule has 112 valence electrons. The van der Waals surface area contributed by atoms with Gasteiger partial charge in [-0.2, -0.15) is 0 Å². The summed E-state index contributed by atoms with van der Waals surface area (Å²) < 4.78 is 18.9. The minimum atomic E-state index is -0.955. The van der Waals surface area contributed by atoms with E-state index in [1.54, 1.807) is 37.3 Å². The number of carbonyl (C=O) groups excluding carboxylic acids is 2. The Morgan fingerprint density at radius 3 is 2.82 bits per heavy atom. The van der Waals surface area contributed by atoms with E-state index in [0.29, 0.717) is 5.56 Å². The molecule has 0 bridgehead atoms. The van der Waals surface area contributed by atoms with Gasteiger partial charge in [0.1, 0.15) is 5.82 Å². The van der Waals surface area contributed by atoms with Gasteiger partial charge in [0.2, 0.25) is 0 Å². The van der Waals surface area contributed by atoms with Crippen LogP contribution >= 0.6 is 0 Å². The summed E-state index contributed by atoms with van der Waals surface area (Å²) in [5, 5.41) is 2.47. The van der Waals surface area contributed by atoms with Gasteiger partial charge in [0.15, 0.2) is 6.10 Å². The highest BCUT2D eigenvalue weighted by Gasteiger charge is 2.31. The smallest absolute Gasteiger partial charge is 0.339 e. The summed E-state index contributed by atoms with van der Waals surface area (Å²) in [6.07, 6.45) is -0.676. The first-order chi connectivity index (χ1) is 10.5. The Hall–Kier alpha value is -2.69. The van der Waals surface area contributed by atoms with Crippen LogP contribution in [0.3, 0.4) is 0 Å². The van der Waals surface area contributed by atoms with E-state index in [1.165, 1.54) is 12.1 Å². The molecule has 4 nitrogen and oxygen atoms in total. The van der Waals surface area contributed by atoms with Crippen LogP contribution in [-0.4, -0.2) is 18.0 Å². The summed E-state index contributed by atoms with van der Waals surface area (Å²) in [6, 6.07) is 11.5. The van der Waals surface area contributed by atoms with Gasteiger partial charge in [0.05, 0.1) is 11.3 Å². The quantitative estimate of drug-likeness (QED) is 0.868. The third kappa shape index (κ3) is 2.70. The van der Waals surface area contributed by atoms with Gasteiger partial charge in [-0.1, -0.05) is 24.3 Å². The summed E-state index contributed by atoms with van der Waals surface area (Å²) in [4.78, 5) is 24.1. The molecule has 1 aliphatic rings. The van der Waals surface area contributed by atoms with Crippen molar-refractivity contribution in [1.82, 2.24) is 0 Å². The van der Waals surface area contributed by atoms with Crippen molar-refractivity contribution in [2.75, 3.05) is 5.32 Å². The summed E-state index contributed by atoms with van der Waals surface area (Å²) in [6.45, 7) is 1.76. The van der Waals surface area contributed by atoms with Crippen molar-refractivity contribution in [1.29, 1.82) is 0 Å². The van der Waals surface area contributed by atoms with Gasteiger partial charge < -0.3 is 10.1 Å². The zero-order valence-electron chi connectivity index (χ0n) is 11.9. The van der Waals surface area contributed by atoms with Gasteiger partial charge in [-0.25, -0.2) is 9.18 Å². The lowest BCUT2D eigenvalue weighted by atomic mass is 9.98. The van der Waals surface area contributed by atoms with Crippen LogP contribution in [0.5, 0.6) is 0 Å². The fourth-order valence-corrected chi connectivity index (χ4v) is 2.41. The van der Waals surface area contributed by atoms with E-state index in [-0.39, 0.29) is 12.1 Å². The lowest BCUT2D eigenvalue weighted by molar-refractivity contribution is -0.125. The highest BCUT2D eigenvalue weighted by molar-refractivity contribution is 6.00. The SMILES string of the molecule is Cc1ccc(NC(=O)C2Cc3ccccc3C(=O)O2)c(F)c1. The van der Waals surface area contributed by atoms with Crippen molar-refractivity contribution < 1.29 is 18.7 Å². The van der Waals surface area contributed by atoms with Crippen LogP contribution in [-0.2, 0) is 16.0 Å². The van der Waals surface area contributed by atoms with Gasteiger partial charge in [0.25, 0.3) is 5.91 Å². The first-order valence-corrected chi connectivity index (χ1v) is 6.90. The van der Waals surface area contributed by atoms with Crippen LogP contribution in [0.1, 0.15) is 21.5 Å². The maximum absolute atomic E-state index is 13.8. The average Bonchev–Trinajstić information content (AvgIpc) is 2.50. The number of halogens is 1. The highest BCUT2D eigenvalue weighted by Crippen LogP contribution is 2.22. The summed E-state index contributed by atoms with van der Waals surface area (Å²) in [7, 11) is 0. The molecule has 0 aliphatic carbocycles. The number of anilines is 1. The second-order valence-corrected chi connectivity index (χ2v) is 5.23. The molecule has 0 fully saturated rings. The minimum absolute atomic E-state index is 0.0745. The predicted molar refractivity (Wildman–Crippen MR) is 79.1 cm³/mol. The van der Waals surface area contributed by atoms with Crippen LogP contribution in [0.4, 0.5) is 10.1 Å². The van der Waals surface area contributed by atoms with Gasteiger partial charge in [0, 0.05) is 6.42 Å². The van der Waals surface area contributed by atoms with Crippen LogP contribution in [0.2, 0.25) is 0 Å². The van der Waals surface area contributed by atoms with E-state index in [9.17, 15) is 14.0 Å². The largest absolute Gasteiger partial charge is 0.448 e. The molecular formula is C17H14FNO3. The molecule has 22 heavy (non-hydrogen) atoms. The zero-order valence-corrected chi connectivity index (χ0v) is 11.9. The maximum Gasteiger partial charge on any atom is 0.339 e. The number of nitrogens with one attached hydrogen (secondary N) is 1. The Morgan fingerprint density at radius 1 is 1.27 bits per heavy atom. The van der Waals surface area contributed by atoms with Crippen molar-refractivity contribution in [2.24, 2.45) is 0 Å². The fourth-order valence-electron chi connectivity index (χ4n) is 2.41. The molecule has 1 N–H and O–H groups in total. The second-order valence-electron chi connectivity index (χ2n) is 5.23. The van der Waals surface area contributed by atoms with Crippen LogP contribution < -0.4 is 5.32 Å². The van der Waals surface area contributed by atoms with E-state index in [2.05, 4.69) is 5.32 Å². The molecule has 1 unspecified atom stereocenters. The molecule has 0 radical (unpaired) electrons. The van der Waals surface area contributed by atoms with Gasteiger partial charge in [-0.05, 0) is 36.2 Å². The van der Waals surface area contributed by atoms with E-state index in [0.717, 1.165) is 11.1 Å². The molecule has 1 aliphatic heterocycles. The minimum Gasteiger partial charge on any atom is -0.448 e. The third-order valence-corrected chi connectivity index (χ3v) is 3.57. The summed E-state index contributed by atoms with van der Waals surface area (Å²) in [5.74, 6) is -1.59. The van der Waals surface area contributed by atoms with Gasteiger partial charge >= 0.3 is 5.97 Å². The zero-order chi connectivity index (χ0) is 15.7. The standard InChI is InChI=1S/C17H14FNO3/c1-10-6-7-14(13(18)8-10)19-16(20)15-9-11-4-2-3-5-12(11)17(21)22-15/h2-8,15H,9H2,1H3,(H,19,20). The molecule has 0 saturated carbocycles. The average molecular weight is 299 g/mol. The van der Waals surface area contributed by atoms with E-state index in [1.807, 2.05) is 0 Å². The van der Waals surface area contributed by atoms with Crippen LogP contribution in [0.25, 0.3) is 0 Å². The maximum atomic E-state index is 13.8. The lowest BCUT2D eigenvalue weighted by Crippen LogP contribution is -2.38. The Balaban J connectivity index is 1.78. The number of benzene rings is 2. The number of hydrogen-bond donors (Lipinski definition) is 1. The molecule has 2 aromatic carbocycles. The molecule has 1 atom stereocenters. The first kappa shape index (κ1) is 14.3. The Morgan fingerprint density at radius 2 is 2.05 bits per heavy atom. The number of carbonyl (C=O) groups is 2. The van der Waals surface area contributed by atoms with Gasteiger partial charge in [-0.15, -0.1) is 0 Å². The van der Waals surface area contributed by atoms with E-state index >= 15 is 0 Å². The first-order valence-electron chi connectivity index (χ1n) is 6.90. The Labute approximate surface area is 126 Å². The summed E-state index contributed by atoms with van der Waals surface area (Å²) in [5.41, 5.74) is 2.05. The lowest BCUT2D eigenvalue weighted by Gasteiger charge is -2.23. The normalized spacial score (nSPS) is 16.6. The topological polar surface area (TPSA) is 55.4 Å². The number of cyclic esters (lactones) is 1. The number of ether oxygens (including phenoxy) is 1. The van der Waals surface area contributed by atoms with E-state index < -0.39 is 23.8 Å². The summed E-state index contributed by atoms with van der Waals surface area (Å²) >= 11 is 0. The number of esters is 1.